The summed E-state index contributed by atoms with van der Waals surface area (Å²) in [5.41, 5.74) is 5.67. The minimum absolute atomic E-state index is 0.351. The monoisotopic (exact) mass is 202 g/mol. The molecule has 0 saturated carbocycles. The highest BCUT2D eigenvalue weighted by molar-refractivity contribution is 4.56. The molecule has 0 spiro atoms. The van der Waals surface area contributed by atoms with Crippen molar-refractivity contribution in [1.29, 1.82) is 0 Å². The molecule has 0 aliphatic carbocycles. The Morgan fingerprint density at radius 1 is 1.29 bits per heavy atom. The van der Waals surface area contributed by atoms with Crippen LogP contribution in [0.1, 0.15) is 33.1 Å². The van der Waals surface area contributed by atoms with Crippen LogP contribution in [0.2, 0.25) is 0 Å². The number of nitrogens with zero attached hydrogens (tertiary/aromatic N) is 1. The second kappa shape index (κ2) is 9.44. The molecule has 1 atom stereocenters. The standard InChI is InChI=1S/C11H26N2O/c1-4-14-10-9-13(3)8-6-5-7-11(2)12/h11H,4-10,12H2,1-3H3. The number of hydrogen-bond acceptors (Lipinski definition) is 3. The molecule has 0 fully saturated rings. The van der Waals surface area contributed by atoms with Crippen LogP contribution < -0.4 is 5.73 Å². The summed E-state index contributed by atoms with van der Waals surface area (Å²) in [6.07, 6.45) is 3.61. The van der Waals surface area contributed by atoms with Crippen LogP contribution in [0.25, 0.3) is 0 Å². The fourth-order valence-electron chi connectivity index (χ4n) is 1.32. The van der Waals surface area contributed by atoms with Gasteiger partial charge in [0.1, 0.15) is 0 Å². The highest BCUT2D eigenvalue weighted by atomic mass is 16.5. The molecule has 3 nitrogen and oxygen atoms in total. The predicted octanol–water partition coefficient (Wildman–Crippen LogP) is 1.47. The van der Waals surface area contributed by atoms with Crippen molar-refractivity contribution < 1.29 is 4.74 Å². The molecule has 2 N–H and O–H groups in total. The van der Waals surface area contributed by atoms with E-state index in [1.807, 2.05) is 6.92 Å². The van der Waals surface area contributed by atoms with E-state index in [2.05, 4.69) is 18.9 Å². The van der Waals surface area contributed by atoms with Crippen molar-refractivity contribution in [1.82, 2.24) is 4.90 Å². The molecule has 0 aliphatic heterocycles. The van der Waals surface area contributed by atoms with E-state index in [4.69, 9.17) is 10.5 Å². The average Bonchev–Trinajstić information content (AvgIpc) is 2.13. The van der Waals surface area contributed by atoms with Gasteiger partial charge in [-0.1, -0.05) is 6.42 Å². The normalized spacial score (nSPS) is 13.5. The number of likely N-dealkylation sites (N-methyl/N-ethyl adjacent to an activating group) is 1. The number of nitrogens with two attached hydrogens (primary N) is 1. The molecule has 0 aliphatic rings. The van der Waals surface area contributed by atoms with E-state index in [0.29, 0.717) is 6.04 Å². The van der Waals surface area contributed by atoms with E-state index >= 15 is 0 Å². The molecule has 86 valence electrons. The summed E-state index contributed by atoms with van der Waals surface area (Å²) in [5, 5.41) is 0. The second-order valence-corrected chi connectivity index (χ2v) is 3.97. The van der Waals surface area contributed by atoms with Crippen molar-refractivity contribution in [3.05, 3.63) is 0 Å². The van der Waals surface area contributed by atoms with Crippen molar-refractivity contribution in [2.24, 2.45) is 5.73 Å². The number of hydrogen-bond donors (Lipinski definition) is 1. The molecular formula is C11H26N2O. The maximum atomic E-state index is 5.67. The van der Waals surface area contributed by atoms with Crippen molar-refractivity contribution in [2.45, 2.75) is 39.2 Å². The Hall–Kier alpha value is -0.120. The first kappa shape index (κ1) is 13.9. The van der Waals surface area contributed by atoms with Gasteiger partial charge in [0.2, 0.25) is 0 Å². The summed E-state index contributed by atoms with van der Waals surface area (Å²) >= 11 is 0. The zero-order valence-electron chi connectivity index (χ0n) is 9.96. The van der Waals surface area contributed by atoms with Gasteiger partial charge in [0.25, 0.3) is 0 Å². The SMILES string of the molecule is CCOCCN(C)CCCCC(C)N. The van der Waals surface area contributed by atoms with Crippen LogP contribution in [0.15, 0.2) is 0 Å². The van der Waals surface area contributed by atoms with Crippen molar-refractivity contribution in [3.63, 3.8) is 0 Å². The highest BCUT2D eigenvalue weighted by Crippen LogP contribution is 1.99. The van der Waals surface area contributed by atoms with Crippen LogP contribution in [0.4, 0.5) is 0 Å². The van der Waals surface area contributed by atoms with Gasteiger partial charge in [0.15, 0.2) is 0 Å². The van der Waals surface area contributed by atoms with E-state index in [-0.39, 0.29) is 0 Å². The van der Waals surface area contributed by atoms with Gasteiger partial charge in [-0.3, -0.25) is 0 Å². The maximum absolute atomic E-state index is 5.67. The lowest BCUT2D eigenvalue weighted by atomic mass is 10.1. The summed E-state index contributed by atoms with van der Waals surface area (Å²) < 4.78 is 5.29. The lowest BCUT2D eigenvalue weighted by Gasteiger charge is -2.16. The van der Waals surface area contributed by atoms with E-state index in [9.17, 15) is 0 Å². The summed E-state index contributed by atoms with van der Waals surface area (Å²) in [6, 6.07) is 0.351. The fraction of sp³-hybridized carbons (Fsp3) is 1.00. The first-order chi connectivity index (χ1) is 6.66. The minimum Gasteiger partial charge on any atom is -0.380 e. The van der Waals surface area contributed by atoms with Crippen LogP contribution in [0.3, 0.4) is 0 Å². The Morgan fingerprint density at radius 3 is 2.57 bits per heavy atom. The van der Waals surface area contributed by atoms with Gasteiger partial charge < -0.3 is 15.4 Å². The van der Waals surface area contributed by atoms with Crippen LogP contribution in [-0.2, 0) is 4.74 Å². The summed E-state index contributed by atoms with van der Waals surface area (Å²) in [7, 11) is 2.14. The van der Waals surface area contributed by atoms with Crippen LogP contribution in [0.5, 0.6) is 0 Å². The Labute approximate surface area is 88.6 Å². The Kier molecular flexibility index (Phi) is 9.35. The molecule has 3 heteroatoms. The third-order valence-corrected chi connectivity index (χ3v) is 2.27. The minimum atomic E-state index is 0.351. The lowest BCUT2D eigenvalue weighted by molar-refractivity contribution is 0.121. The smallest absolute Gasteiger partial charge is 0.0593 e. The van der Waals surface area contributed by atoms with E-state index in [0.717, 1.165) is 32.7 Å². The molecule has 0 heterocycles. The molecule has 0 bridgehead atoms. The van der Waals surface area contributed by atoms with E-state index in [1.54, 1.807) is 0 Å². The van der Waals surface area contributed by atoms with Crippen LogP contribution in [0, 0.1) is 0 Å². The largest absolute Gasteiger partial charge is 0.380 e. The molecule has 14 heavy (non-hydrogen) atoms. The van der Waals surface area contributed by atoms with Crippen molar-refractivity contribution >= 4 is 0 Å². The maximum Gasteiger partial charge on any atom is 0.0593 e. The predicted molar refractivity (Wildman–Crippen MR) is 61.5 cm³/mol. The summed E-state index contributed by atoms with van der Waals surface area (Å²) in [6.45, 7) is 7.95. The zero-order chi connectivity index (χ0) is 10.8. The topological polar surface area (TPSA) is 38.5 Å². The van der Waals surface area contributed by atoms with Gasteiger partial charge in [-0.25, -0.2) is 0 Å². The van der Waals surface area contributed by atoms with Gasteiger partial charge in [-0.15, -0.1) is 0 Å². The first-order valence-corrected chi connectivity index (χ1v) is 5.68. The van der Waals surface area contributed by atoms with E-state index in [1.165, 1.54) is 12.8 Å². The second-order valence-electron chi connectivity index (χ2n) is 3.97. The fourth-order valence-corrected chi connectivity index (χ4v) is 1.32. The van der Waals surface area contributed by atoms with Crippen LogP contribution in [-0.4, -0.2) is 44.3 Å². The molecule has 0 rings (SSSR count). The van der Waals surface area contributed by atoms with E-state index < -0.39 is 0 Å². The molecular weight excluding hydrogens is 176 g/mol. The highest BCUT2D eigenvalue weighted by Gasteiger charge is 1.98. The molecule has 0 saturated heterocycles. The van der Waals surface area contributed by atoms with Crippen molar-refractivity contribution in [3.8, 4) is 0 Å². The summed E-state index contributed by atoms with van der Waals surface area (Å²) in [5.74, 6) is 0. The average molecular weight is 202 g/mol. The Balaban J connectivity index is 3.14. The van der Waals surface area contributed by atoms with Gasteiger partial charge in [0.05, 0.1) is 6.61 Å². The number of unbranched alkanes of at least 4 members (excludes halogenated alkanes) is 1. The Bertz CT molecular complexity index is 118. The first-order valence-electron chi connectivity index (χ1n) is 5.68. The van der Waals surface area contributed by atoms with Gasteiger partial charge >= 0.3 is 0 Å². The lowest BCUT2D eigenvalue weighted by Crippen LogP contribution is -2.24. The molecule has 0 amide bonds. The molecule has 0 aromatic heterocycles. The molecule has 0 aromatic carbocycles. The summed E-state index contributed by atoms with van der Waals surface area (Å²) in [4.78, 5) is 2.32. The quantitative estimate of drug-likeness (QED) is 0.575. The number of rotatable bonds is 9. The third kappa shape index (κ3) is 9.96. The molecule has 0 aromatic rings. The molecule has 0 radical (unpaired) electrons. The third-order valence-electron chi connectivity index (χ3n) is 2.27. The van der Waals surface area contributed by atoms with Gasteiger partial charge in [-0.05, 0) is 40.3 Å². The molecule has 1 unspecified atom stereocenters. The Morgan fingerprint density at radius 2 is 2.00 bits per heavy atom. The van der Waals surface area contributed by atoms with Gasteiger partial charge in [-0.2, -0.15) is 0 Å². The van der Waals surface area contributed by atoms with Crippen molar-refractivity contribution in [2.75, 3.05) is 33.4 Å². The van der Waals surface area contributed by atoms with Crippen LogP contribution >= 0.6 is 0 Å². The van der Waals surface area contributed by atoms with Gasteiger partial charge in [0, 0.05) is 19.2 Å². The number of ether oxygens (including phenoxy) is 1. The zero-order valence-corrected chi connectivity index (χ0v) is 9.96.